The molecule has 0 atom stereocenters. The number of halogens is 1. The van der Waals surface area contributed by atoms with E-state index in [1.807, 2.05) is 30.3 Å². The molecule has 10 N–H and O–H groups in total. The first-order chi connectivity index (χ1) is 16.9. The lowest BCUT2D eigenvalue weighted by atomic mass is 10.1. The van der Waals surface area contributed by atoms with Crippen LogP contribution in [-0.2, 0) is 10.0 Å². The fourth-order valence-electron chi connectivity index (χ4n) is 2.91. The smallest absolute Gasteiger partial charge is 0.251 e. The molecular formula is C24H27ClN4O6S3. The van der Waals surface area contributed by atoms with Gasteiger partial charge in [-0.2, -0.15) is 0 Å². The average Bonchev–Trinajstić information content (AvgIpc) is 3.24. The summed E-state index contributed by atoms with van der Waals surface area (Å²) < 4.78 is 30.3. The molecular weight excluding hydrogens is 572 g/mol. The van der Waals surface area contributed by atoms with Crippen LogP contribution >= 0.6 is 36.0 Å². The van der Waals surface area contributed by atoms with Crippen molar-refractivity contribution in [1.82, 2.24) is 4.98 Å². The number of primary sulfonamides is 1. The Bertz CT molecular complexity index is 1430. The molecule has 0 aliphatic carbocycles. The minimum absolute atomic E-state index is 0. The molecule has 204 valence electrons. The summed E-state index contributed by atoms with van der Waals surface area (Å²) in [6.07, 6.45) is 0. The van der Waals surface area contributed by atoms with Gasteiger partial charge < -0.3 is 31.6 Å². The summed E-state index contributed by atoms with van der Waals surface area (Å²) in [6.45, 7) is 0. The van der Waals surface area contributed by atoms with Gasteiger partial charge in [0.2, 0.25) is 15.9 Å². The van der Waals surface area contributed by atoms with Crippen LogP contribution in [0, 0.1) is 0 Å². The van der Waals surface area contributed by atoms with Gasteiger partial charge in [0.05, 0.1) is 4.90 Å². The lowest BCUT2D eigenvalue weighted by molar-refractivity contribution is 0.559. The zero-order valence-corrected chi connectivity index (χ0v) is 22.1. The summed E-state index contributed by atoms with van der Waals surface area (Å²) >= 11 is 13.7. The monoisotopic (exact) mass is 598 g/mol. The summed E-state index contributed by atoms with van der Waals surface area (Å²) in [5.74, 6) is 0.816. The molecule has 38 heavy (non-hydrogen) atoms. The molecule has 1 aromatic heterocycles. The molecule has 0 radical (unpaired) electrons. The Morgan fingerprint density at radius 2 is 1.32 bits per heavy atom. The number of thiocarbonyl (C=S) groups is 2. The Hall–Kier alpha value is -3.59. The first kappa shape index (κ1) is 34.4. The summed E-state index contributed by atoms with van der Waals surface area (Å²) in [7, 11) is -3.95. The van der Waals surface area contributed by atoms with E-state index in [1.165, 1.54) is 6.07 Å². The summed E-state index contributed by atoms with van der Waals surface area (Å²) in [5.41, 5.74) is 11.1. The molecule has 0 saturated heterocycles. The summed E-state index contributed by atoms with van der Waals surface area (Å²) in [5, 5.41) is 20.1. The van der Waals surface area contributed by atoms with Gasteiger partial charge in [0.25, 0.3) is 10.3 Å². The number of rotatable bonds is 4. The molecule has 0 unspecified atom stereocenters. The van der Waals surface area contributed by atoms with E-state index in [4.69, 9.17) is 31.4 Å². The van der Waals surface area contributed by atoms with Crippen LogP contribution in [-0.4, -0.2) is 39.4 Å². The van der Waals surface area contributed by atoms with E-state index in [0.717, 1.165) is 11.1 Å². The Morgan fingerprint density at radius 3 is 1.82 bits per heavy atom. The van der Waals surface area contributed by atoms with Gasteiger partial charge in [0.15, 0.2) is 5.76 Å². The topological polar surface area (TPSA) is 210 Å². The number of oxazole rings is 1. The molecule has 10 nitrogen and oxygen atoms in total. The van der Waals surface area contributed by atoms with Crippen LogP contribution in [0.1, 0.15) is 7.43 Å². The Labute approximate surface area is 236 Å². The van der Waals surface area contributed by atoms with Crippen molar-refractivity contribution in [2.45, 2.75) is 12.3 Å². The number of nitrogens with two attached hydrogens (primary N) is 3. The lowest BCUT2D eigenvalue weighted by Crippen LogP contribution is -2.13. The normalized spacial score (nSPS) is 9.74. The second-order valence-electron chi connectivity index (χ2n) is 6.79. The van der Waals surface area contributed by atoms with Gasteiger partial charge in [-0.1, -0.05) is 55.4 Å². The van der Waals surface area contributed by atoms with E-state index in [0.29, 0.717) is 27.9 Å². The van der Waals surface area contributed by atoms with Gasteiger partial charge in [-0.05, 0) is 66.9 Å². The van der Waals surface area contributed by atoms with E-state index < -0.39 is 20.4 Å². The number of aromatic nitrogens is 1. The lowest BCUT2D eigenvalue weighted by Gasteiger charge is -2.07. The summed E-state index contributed by atoms with van der Waals surface area (Å²) in [6, 6.07) is 22.9. The molecule has 4 aromatic rings. The number of sulfonamides is 1. The van der Waals surface area contributed by atoms with Crippen LogP contribution in [0.3, 0.4) is 0 Å². The van der Waals surface area contributed by atoms with Crippen LogP contribution < -0.4 is 16.6 Å². The predicted octanol–water partition coefficient (Wildman–Crippen LogP) is 4.36. The molecule has 0 saturated carbocycles. The quantitative estimate of drug-likeness (QED) is 0.209. The first-order valence-electron chi connectivity index (χ1n) is 9.81. The average molecular weight is 599 g/mol. The molecule has 0 fully saturated rings. The molecule has 0 aliphatic heterocycles. The second-order valence-corrected chi connectivity index (χ2v) is 9.59. The maximum Gasteiger partial charge on any atom is 0.251 e. The zero-order chi connectivity index (χ0) is 26.9. The third kappa shape index (κ3) is 10.4. The van der Waals surface area contributed by atoms with Crippen molar-refractivity contribution in [2.24, 2.45) is 16.6 Å². The molecule has 0 spiro atoms. The van der Waals surface area contributed by atoms with Crippen molar-refractivity contribution in [1.29, 1.82) is 0 Å². The number of benzene rings is 3. The molecule has 1 heterocycles. The number of nitrogens with zero attached hydrogens (tertiary/aromatic N) is 1. The third-order valence-electron chi connectivity index (χ3n) is 4.20. The van der Waals surface area contributed by atoms with E-state index in [-0.39, 0.29) is 17.8 Å². The molecule has 0 aliphatic rings. The highest BCUT2D eigenvalue weighted by atomic mass is 35.5. The van der Waals surface area contributed by atoms with Crippen LogP contribution in [0.2, 0.25) is 5.02 Å². The molecule has 3 aromatic carbocycles. The second kappa shape index (κ2) is 15.6. The van der Waals surface area contributed by atoms with Gasteiger partial charge in [-0.15, -0.1) is 0 Å². The predicted molar refractivity (Wildman–Crippen MR) is 158 cm³/mol. The minimum Gasteiger partial charge on any atom is -0.487 e. The standard InChI is InChI=1S/C21H15ClN2O3S.2CH3NOS.CH4.H2O/c22-16-12-10-14(11-13-16)20-19(17-8-4-5-9-18(17)28(23,25)26)24-21(27-20)15-6-2-1-3-7-15;2*2-1(3)4;;/h1-13H,(H2,23,25,26);2*(H3,2,3,4);1H4;1H2. The van der Waals surface area contributed by atoms with E-state index in [9.17, 15) is 8.42 Å². The van der Waals surface area contributed by atoms with Crippen LogP contribution in [0.15, 0.2) is 88.2 Å². The van der Waals surface area contributed by atoms with E-state index in [2.05, 4.69) is 40.9 Å². The fraction of sp³-hybridized carbons (Fsp3) is 0.0417. The van der Waals surface area contributed by atoms with Crippen molar-refractivity contribution < 1.29 is 28.5 Å². The minimum atomic E-state index is -3.95. The molecule has 14 heteroatoms. The Morgan fingerprint density at radius 1 is 0.842 bits per heavy atom. The van der Waals surface area contributed by atoms with Crippen molar-refractivity contribution >= 4 is 56.4 Å². The highest BCUT2D eigenvalue weighted by molar-refractivity contribution is 7.89. The van der Waals surface area contributed by atoms with Crippen molar-refractivity contribution in [2.75, 3.05) is 0 Å². The van der Waals surface area contributed by atoms with Gasteiger partial charge in [-0.25, -0.2) is 18.5 Å². The Kier molecular flexibility index (Phi) is 14.1. The maximum atomic E-state index is 12.1. The van der Waals surface area contributed by atoms with Crippen LogP contribution in [0.5, 0.6) is 0 Å². The first-order valence-corrected chi connectivity index (χ1v) is 12.6. The van der Waals surface area contributed by atoms with Gasteiger partial charge in [0.1, 0.15) is 5.69 Å². The van der Waals surface area contributed by atoms with Gasteiger partial charge in [0, 0.05) is 21.7 Å². The van der Waals surface area contributed by atoms with Crippen LogP contribution in [0.25, 0.3) is 34.0 Å². The maximum absolute atomic E-state index is 12.1. The largest absolute Gasteiger partial charge is 0.487 e. The van der Waals surface area contributed by atoms with Crippen molar-refractivity contribution in [3.63, 3.8) is 0 Å². The van der Waals surface area contributed by atoms with Crippen molar-refractivity contribution in [3.05, 3.63) is 83.9 Å². The summed E-state index contributed by atoms with van der Waals surface area (Å²) in [4.78, 5) is 4.59. The Balaban J connectivity index is 0.00000121. The molecule has 0 bridgehead atoms. The zero-order valence-electron chi connectivity index (χ0n) is 18.9. The van der Waals surface area contributed by atoms with Crippen LogP contribution in [0.4, 0.5) is 0 Å². The number of hydrogen-bond donors (Lipinski definition) is 5. The highest BCUT2D eigenvalue weighted by Gasteiger charge is 2.23. The number of aliphatic hydroxyl groups is 2. The number of hydrogen-bond acceptors (Lipinski definition) is 6. The van der Waals surface area contributed by atoms with Gasteiger partial charge >= 0.3 is 0 Å². The van der Waals surface area contributed by atoms with Crippen molar-refractivity contribution in [3.8, 4) is 34.0 Å². The SMILES string of the molecule is C.NC(O)=S.NC(O)=S.NS(=O)(=O)c1ccccc1-c1nc(-c2ccccc2)oc1-c1ccc(Cl)cc1.O. The fourth-order valence-corrected chi connectivity index (χ4v) is 3.78. The highest BCUT2D eigenvalue weighted by Crippen LogP contribution is 2.38. The van der Waals surface area contributed by atoms with E-state index in [1.54, 1.807) is 42.5 Å². The number of aliphatic hydroxyl groups excluding tert-OH is 2. The molecule has 0 amide bonds. The van der Waals surface area contributed by atoms with Gasteiger partial charge in [-0.3, -0.25) is 0 Å². The molecule has 4 rings (SSSR count). The van der Waals surface area contributed by atoms with E-state index >= 15 is 0 Å². The third-order valence-corrected chi connectivity index (χ3v) is 5.42.